The van der Waals surface area contributed by atoms with Gasteiger partial charge in [0.15, 0.2) is 0 Å². The number of aromatic nitrogens is 2. The number of rotatable bonds is 4. The van der Waals surface area contributed by atoms with E-state index in [1.54, 1.807) is 42.6 Å². The predicted molar refractivity (Wildman–Crippen MR) is 111 cm³/mol. The number of nitrogens with zero attached hydrogens (tertiary/aromatic N) is 2. The fraction of sp³-hybridized carbons (Fsp3) is 0.0870. The highest BCUT2D eigenvalue weighted by molar-refractivity contribution is 6.05. The van der Waals surface area contributed by atoms with Crippen LogP contribution in [0.25, 0.3) is 11.0 Å². The lowest BCUT2D eigenvalue weighted by Crippen LogP contribution is -2.30. The van der Waals surface area contributed by atoms with Crippen molar-refractivity contribution < 1.29 is 9.18 Å². The fourth-order valence-electron chi connectivity index (χ4n) is 3.19. The van der Waals surface area contributed by atoms with Crippen LogP contribution in [0.5, 0.6) is 0 Å². The molecule has 6 heteroatoms. The zero-order valence-electron chi connectivity index (χ0n) is 15.7. The molecular weight excluding hydrogens is 369 g/mol. The van der Waals surface area contributed by atoms with Gasteiger partial charge in [0, 0.05) is 17.3 Å². The third-order valence-electron chi connectivity index (χ3n) is 4.74. The Morgan fingerprint density at radius 3 is 2.59 bits per heavy atom. The highest BCUT2D eigenvalue weighted by Gasteiger charge is 2.17. The number of carbonyl (C=O) groups is 1. The number of amides is 1. The van der Waals surface area contributed by atoms with Gasteiger partial charge in [-0.3, -0.25) is 14.2 Å². The second-order valence-corrected chi connectivity index (χ2v) is 6.76. The molecule has 0 radical (unpaired) electrons. The highest BCUT2D eigenvalue weighted by Crippen LogP contribution is 2.17. The van der Waals surface area contributed by atoms with E-state index in [0.29, 0.717) is 16.7 Å². The Morgan fingerprint density at radius 1 is 1.07 bits per heavy atom. The smallest absolute Gasteiger partial charge is 0.265 e. The van der Waals surface area contributed by atoms with Crippen molar-refractivity contribution >= 4 is 22.6 Å². The molecule has 144 valence electrons. The zero-order valence-corrected chi connectivity index (χ0v) is 15.7. The summed E-state index contributed by atoms with van der Waals surface area (Å²) in [7, 11) is 0. The van der Waals surface area contributed by atoms with Gasteiger partial charge in [-0.25, -0.2) is 9.37 Å². The standard InChI is InChI=1S/C23H18FN3O2/c1-15-5-2-3-7-20(15)26-22(28)19-13-17-6-4-12-25-21(17)27(23(19)29)14-16-8-10-18(24)11-9-16/h2-13H,14H2,1H3,(H,26,28). The van der Waals surface area contributed by atoms with Gasteiger partial charge in [0.2, 0.25) is 0 Å². The number of para-hydroxylation sites is 1. The fourth-order valence-corrected chi connectivity index (χ4v) is 3.19. The number of hydrogen-bond acceptors (Lipinski definition) is 3. The van der Waals surface area contributed by atoms with E-state index in [4.69, 9.17) is 0 Å². The average molecular weight is 387 g/mol. The highest BCUT2D eigenvalue weighted by atomic mass is 19.1. The van der Waals surface area contributed by atoms with E-state index in [9.17, 15) is 14.0 Å². The summed E-state index contributed by atoms with van der Waals surface area (Å²) in [4.78, 5) is 30.4. The van der Waals surface area contributed by atoms with Crippen LogP contribution in [0.1, 0.15) is 21.5 Å². The van der Waals surface area contributed by atoms with E-state index in [0.717, 1.165) is 11.1 Å². The summed E-state index contributed by atoms with van der Waals surface area (Å²) in [6.45, 7) is 2.06. The number of benzene rings is 2. The summed E-state index contributed by atoms with van der Waals surface area (Å²) in [5.41, 5.74) is 2.32. The lowest BCUT2D eigenvalue weighted by molar-refractivity contribution is 0.102. The lowest BCUT2D eigenvalue weighted by atomic mass is 10.1. The molecule has 4 aromatic rings. The molecule has 0 spiro atoms. The number of nitrogens with one attached hydrogen (secondary N) is 1. The summed E-state index contributed by atoms with van der Waals surface area (Å²) < 4.78 is 14.7. The summed E-state index contributed by atoms with van der Waals surface area (Å²) in [5.74, 6) is -0.835. The van der Waals surface area contributed by atoms with Gasteiger partial charge in [-0.1, -0.05) is 30.3 Å². The predicted octanol–water partition coefficient (Wildman–Crippen LogP) is 4.14. The van der Waals surface area contributed by atoms with E-state index in [2.05, 4.69) is 10.3 Å². The van der Waals surface area contributed by atoms with Gasteiger partial charge < -0.3 is 5.32 Å². The maximum Gasteiger partial charge on any atom is 0.265 e. The molecule has 2 heterocycles. The average Bonchev–Trinajstić information content (AvgIpc) is 2.73. The van der Waals surface area contributed by atoms with E-state index in [1.807, 2.05) is 25.1 Å². The quantitative estimate of drug-likeness (QED) is 0.572. The van der Waals surface area contributed by atoms with Crippen molar-refractivity contribution in [2.75, 3.05) is 5.32 Å². The Morgan fingerprint density at radius 2 is 1.83 bits per heavy atom. The molecule has 1 amide bonds. The van der Waals surface area contributed by atoms with Crippen LogP contribution in [0.2, 0.25) is 0 Å². The van der Waals surface area contributed by atoms with Gasteiger partial charge in [-0.15, -0.1) is 0 Å². The number of fused-ring (bicyclic) bond motifs is 1. The third-order valence-corrected chi connectivity index (χ3v) is 4.74. The van der Waals surface area contributed by atoms with Crippen molar-refractivity contribution in [3.05, 3.63) is 106 Å². The summed E-state index contributed by atoms with van der Waals surface area (Å²) in [5, 5.41) is 3.48. The molecule has 0 aliphatic heterocycles. The SMILES string of the molecule is Cc1ccccc1NC(=O)c1cc2cccnc2n(Cc2ccc(F)cc2)c1=O. The molecule has 2 aromatic carbocycles. The summed E-state index contributed by atoms with van der Waals surface area (Å²) in [6, 6.07) is 18.4. The topological polar surface area (TPSA) is 64.0 Å². The first-order valence-corrected chi connectivity index (χ1v) is 9.13. The molecule has 0 atom stereocenters. The van der Waals surface area contributed by atoms with Gasteiger partial charge in [0.1, 0.15) is 17.0 Å². The molecule has 0 fully saturated rings. The van der Waals surface area contributed by atoms with E-state index in [1.165, 1.54) is 16.7 Å². The van der Waals surface area contributed by atoms with E-state index < -0.39 is 11.5 Å². The van der Waals surface area contributed by atoms with Gasteiger partial charge in [-0.2, -0.15) is 0 Å². The molecule has 0 saturated carbocycles. The van der Waals surface area contributed by atoms with Crippen LogP contribution < -0.4 is 10.9 Å². The van der Waals surface area contributed by atoms with Crippen LogP contribution in [-0.2, 0) is 6.54 Å². The lowest BCUT2D eigenvalue weighted by Gasteiger charge is -2.13. The monoisotopic (exact) mass is 387 g/mol. The van der Waals surface area contributed by atoms with Crippen LogP contribution >= 0.6 is 0 Å². The van der Waals surface area contributed by atoms with Gasteiger partial charge >= 0.3 is 0 Å². The normalized spacial score (nSPS) is 10.8. The molecule has 0 aliphatic carbocycles. The number of carbonyl (C=O) groups excluding carboxylic acids is 1. The number of hydrogen-bond donors (Lipinski definition) is 1. The number of anilines is 1. The Bertz CT molecular complexity index is 1260. The first-order valence-electron chi connectivity index (χ1n) is 9.13. The number of aryl methyl sites for hydroxylation is 1. The minimum Gasteiger partial charge on any atom is -0.322 e. The molecule has 5 nitrogen and oxygen atoms in total. The zero-order chi connectivity index (χ0) is 20.4. The van der Waals surface area contributed by atoms with E-state index in [-0.39, 0.29) is 17.9 Å². The van der Waals surface area contributed by atoms with Crippen molar-refractivity contribution in [3.63, 3.8) is 0 Å². The molecule has 0 saturated heterocycles. The molecule has 0 unspecified atom stereocenters. The Hall–Kier alpha value is -3.80. The van der Waals surface area contributed by atoms with Crippen molar-refractivity contribution in [2.45, 2.75) is 13.5 Å². The van der Waals surface area contributed by atoms with E-state index >= 15 is 0 Å². The van der Waals surface area contributed by atoms with Crippen LogP contribution in [0.3, 0.4) is 0 Å². The number of halogens is 1. The Balaban J connectivity index is 1.80. The molecule has 2 aromatic heterocycles. The first kappa shape index (κ1) is 18.6. The molecule has 0 aliphatic rings. The van der Waals surface area contributed by atoms with Crippen molar-refractivity contribution in [1.82, 2.24) is 9.55 Å². The third kappa shape index (κ3) is 3.78. The largest absolute Gasteiger partial charge is 0.322 e. The maximum absolute atomic E-state index is 13.2. The van der Waals surface area contributed by atoms with Gasteiger partial charge in [-0.05, 0) is 54.4 Å². The second-order valence-electron chi connectivity index (χ2n) is 6.76. The van der Waals surface area contributed by atoms with Gasteiger partial charge in [0.25, 0.3) is 11.5 Å². The summed E-state index contributed by atoms with van der Waals surface area (Å²) in [6.07, 6.45) is 1.59. The number of pyridine rings is 2. The van der Waals surface area contributed by atoms with Crippen LogP contribution in [-0.4, -0.2) is 15.5 Å². The minimum atomic E-state index is -0.483. The molecule has 0 bridgehead atoms. The van der Waals surface area contributed by atoms with Crippen LogP contribution in [0.4, 0.5) is 10.1 Å². The van der Waals surface area contributed by atoms with Crippen LogP contribution in [0, 0.1) is 12.7 Å². The summed E-state index contributed by atoms with van der Waals surface area (Å²) >= 11 is 0. The Labute approximate surface area is 166 Å². The van der Waals surface area contributed by atoms with Crippen LogP contribution in [0.15, 0.2) is 77.7 Å². The first-order chi connectivity index (χ1) is 14.0. The minimum absolute atomic E-state index is 0.0239. The molecule has 4 rings (SSSR count). The van der Waals surface area contributed by atoms with Crippen molar-refractivity contribution in [1.29, 1.82) is 0 Å². The van der Waals surface area contributed by atoms with Crippen molar-refractivity contribution in [3.8, 4) is 0 Å². The van der Waals surface area contributed by atoms with Gasteiger partial charge in [0.05, 0.1) is 6.54 Å². The molecule has 1 N–H and O–H groups in total. The van der Waals surface area contributed by atoms with Crippen molar-refractivity contribution in [2.24, 2.45) is 0 Å². The Kier molecular flexibility index (Phi) is 4.91. The molecule has 29 heavy (non-hydrogen) atoms. The molecular formula is C23H18FN3O2. The second kappa shape index (κ2) is 7.67. The maximum atomic E-state index is 13.2.